The third kappa shape index (κ3) is 2.87. The summed E-state index contributed by atoms with van der Waals surface area (Å²) in [6.45, 7) is 17.1. The second kappa shape index (κ2) is 5.84. The summed E-state index contributed by atoms with van der Waals surface area (Å²) in [5.41, 5.74) is -0.00939. The van der Waals surface area contributed by atoms with E-state index in [-0.39, 0.29) is 34.1 Å². The molecule has 6 atom stereocenters. The van der Waals surface area contributed by atoms with Crippen LogP contribution in [0.1, 0.15) is 80.1 Å². The summed E-state index contributed by atoms with van der Waals surface area (Å²) in [4.78, 5) is 11.6. The topological polar surface area (TPSA) is 35.5 Å². The molecule has 0 aromatic heterocycles. The molecule has 0 aromatic carbocycles. The van der Waals surface area contributed by atoms with Gasteiger partial charge in [-0.1, -0.05) is 26.8 Å². The van der Waals surface area contributed by atoms with Crippen LogP contribution in [-0.4, -0.2) is 23.3 Å². The zero-order valence-corrected chi connectivity index (χ0v) is 17.0. The lowest BCUT2D eigenvalue weighted by Gasteiger charge is -2.66. The number of rotatable bonds is 2. The number of esters is 1. The molecule has 1 heterocycles. The van der Waals surface area contributed by atoms with Crippen LogP contribution in [0.2, 0.25) is 0 Å². The van der Waals surface area contributed by atoms with Crippen LogP contribution in [0.3, 0.4) is 0 Å². The Morgan fingerprint density at radius 1 is 1.04 bits per heavy atom. The molecule has 3 aliphatic rings. The summed E-state index contributed by atoms with van der Waals surface area (Å²) >= 11 is 0. The molecule has 2 aliphatic carbocycles. The van der Waals surface area contributed by atoms with Crippen LogP contribution in [0.5, 0.6) is 0 Å². The van der Waals surface area contributed by atoms with Crippen molar-refractivity contribution < 1.29 is 14.3 Å². The minimum atomic E-state index is -0.196. The molecule has 2 unspecified atom stereocenters. The summed E-state index contributed by atoms with van der Waals surface area (Å²) in [5, 5.41) is 0. The first-order valence-corrected chi connectivity index (χ1v) is 9.98. The zero-order valence-electron chi connectivity index (χ0n) is 17.0. The molecule has 3 nitrogen and oxygen atoms in total. The second-order valence-electron chi connectivity index (χ2n) is 10.1. The Bertz CT molecular complexity index is 568. The molecule has 1 saturated heterocycles. The number of carbonyl (C=O) groups excluding carboxylic acids is 1. The van der Waals surface area contributed by atoms with Crippen molar-refractivity contribution in [2.24, 2.45) is 22.7 Å². The van der Waals surface area contributed by atoms with Crippen LogP contribution in [0.15, 0.2) is 12.7 Å². The lowest BCUT2D eigenvalue weighted by atomic mass is 9.44. The van der Waals surface area contributed by atoms with Gasteiger partial charge in [-0.05, 0) is 69.6 Å². The quantitative estimate of drug-likeness (QED) is 0.503. The van der Waals surface area contributed by atoms with Gasteiger partial charge in [0.2, 0.25) is 0 Å². The molecule has 0 N–H and O–H groups in total. The first kappa shape index (κ1) is 18.9. The predicted octanol–water partition coefficient (Wildman–Crippen LogP) is 5.28. The van der Waals surface area contributed by atoms with E-state index in [1.165, 1.54) is 13.3 Å². The smallest absolute Gasteiger partial charge is 0.302 e. The molecule has 142 valence electrons. The molecule has 0 radical (unpaired) electrons. The Kier molecular flexibility index (Phi) is 4.42. The monoisotopic (exact) mass is 348 g/mol. The standard InChI is InChI=1S/C22H36O3/c1-8-20(5)12-9-17-21(6)13-11-18(24-15(2)23)19(3,4)16(21)10-14-22(17,7)25-20/h8,16-18H,1,9-14H2,2-7H3/t16?,17?,18-,20+,21-,22+/m0/s1. The van der Waals surface area contributed by atoms with Crippen molar-refractivity contribution in [2.75, 3.05) is 0 Å². The molecule has 3 fully saturated rings. The Balaban J connectivity index is 1.90. The van der Waals surface area contributed by atoms with Crippen molar-refractivity contribution in [3.63, 3.8) is 0 Å². The molecule has 25 heavy (non-hydrogen) atoms. The highest BCUT2D eigenvalue weighted by atomic mass is 16.5. The van der Waals surface area contributed by atoms with E-state index in [1.54, 1.807) is 0 Å². The van der Waals surface area contributed by atoms with Crippen molar-refractivity contribution in [3.05, 3.63) is 12.7 Å². The van der Waals surface area contributed by atoms with Gasteiger partial charge in [-0.2, -0.15) is 0 Å². The summed E-state index contributed by atoms with van der Waals surface area (Å²) in [6, 6.07) is 0. The second-order valence-corrected chi connectivity index (χ2v) is 10.1. The van der Waals surface area contributed by atoms with Gasteiger partial charge in [0.15, 0.2) is 0 Å². The molecule has 0 spiro atoms. The van der Waals surface area contributed by atoms with Gasteiger partial charge >= 0.3 is 5.97 Å². The van der Waals surface area contributed by atoms with E-state index in [4.69, 9.17) is 9.47 Å². The Labute approximate surface area is 153 Å². The molecule has 0 bridgehead atoms. The van der Waals surface area contributed by atoms with Crippen LogP contribution in [-0.2, 0) is 14.3 Å². The van der Waals surface area contributed by atoms with E-state index in [1.807, 2.05) is 6.08 Å². The average Bonchev–Trinajstić information content (AvgIpc) is 2.49. The van der Waals surface area contributed by atoms with E-state index < -0.39 is 0 Å². The van der Waals surface area contributed by atoms with Gasteiger partial charge in [-0.15, -0.1) is 6.58 Å². The molecule has 2 saturated carbocycles. The van der Waals surface area contributed by atoms with E-state index in [0.29, 0.717) is 11.8 Å². The Hall–Kier alpha value is -0.830. The summed E-state index contributed by atoms with van der Waals surface area (Å²) in [5.74, 6) is 0.974. The summed E-state index contributed by atoms with van der Waals surface area (Å²) in [6.07, 6.45) is 8.57. The average molecular weight is 349 g/mol. The van der Waals surface area contributed by atoms with E-state index in [0.717, 1.165) is 32.1 Å². The Morgan fingerprint density at radius 2 is 1.68 bits per heavy atom. The van der Waals surface area contributed by atoms with Crippen molar-refractivity contribution in [2.45, 2.75) is 97.4 Å². The molecule has 1 aliphatic heterocycles. The molecular weight excluding hydrogens is 312 g/mol. The maximum absolute atomic E-state index is 11.6. The van der Waals surface area contributed by atoms with Gasteiger partial charge in [0.25, 0.3) is 0 Å². The molecule has 0 aromatic rings. The largest absolute Gasteiger partial charge is 0.462 e. The number of ether oxygens (including phenoxy) is 2. The normalized spacial score (nSPS) is 48.8. The lowest BCUT2D eigenvalue weighted by Crippen LogP contribution is -2.64. The van der Waals surface area contributed by atoms with Gasteiger partial charge in [-0.3, -0.25) is 4.79 Å². The van der Waals surface area contributed by atoms with Crippen LogP contribution in [0, 0.1) is 22.7 Å². The van der Waals surface area contributed by atoms with Crippen molar-refractivity contribution in [1.29, 1.82) is 0 Å². The van der Waals surface area contributed by atoms with E-state index >= 15 is 0 Å². The number of hydrogen-bond acceptors (Lipinski definition) is 3. The molecule has 0 amide bonds. The molecule has 3 rings (SSSR count). The minimum Gasteiger partial charge on any atom is -0.462 e. The van der Waals surface area contributed by atoms with E-state index in [9.17, 15) is 4.79 Å². The number of carbonyl (C=O) groups is 1. The SMILES string of the molecule is C=C[C@]1(C)CCC2[C@@]3(C)CC[C@H](OC(C)=O)C(C)(C)C3CC[C@@]2(C)O1. The van der Waals surface area contributed by atoms with Crippen molar-refractivity contribution in [3.8, 4) is 0 Å². The van der Waals surface area contributed by atoms with Crippen LogP contribution < -0.4 is 0 Å². The van der Waals surface area contributed by atoms with E-state index in [2.05, 4.69) is 41.2 Å². The zero-order chi connectivity index (χ0) is 18.7. The first-order valence-electron chi connectivity index (χ1n) is 9.98. The number of fused-ring (bicyclic) bond motifs is 3. The maximum Gasteiger partial charge on any atom is 0.302 e. The van der Waals surface area contributed by atoms with Crippen LogP contribution in [0.4, 0.5) is 0 Å². The molecule has 3 heteroatoms. The highest BCUT2D eigenvalue weighted by Gasteiger charge is 2.63. The minimum absolute atomic E-state index is 0.0131. The number of hydrogen-bond donors (Lipinski definition) is 0. The fourth-order valence-corrected chi connectivity index (χ4v) is 6.81. The molecular formula is C22H36O3. The van der Waals surface area contributed by atoms with Gasteiger partial charge in [0.05, 0.1) is 11.2 Å². The van der Waals surface area contributed by atoms with Gasteiger partial charge in [0, 0.05) is 12.3 Å². The summed E-state index contributed by atoms with van der Waals surface area (Å²) in [7, 11) is 0. The van der Waals surface area contributed by atoms with Gasteiger partial charge in [0.1, 0.15) is 6.10 Å². The first-order chi connectivity index (χ1) is 11.5. The van der Waals surface area contributed by atoms with Crippen molar-refractivity contribution in [1.82, 2.24) is 0 Å². The predicted molar refractivity (Wildman–Crippen MR) is 100 cm³/mol. The van der Waals surface area contributed by atoms with Crippen LogP contribution >= 0.6 is 0 Å². The van der Waals surface area contributed by atoms with Crippen molar-refractivity contribution >= 4 is 5.97 Å². The summed E-state index contributed by atoms with van der Waals surface area (Å²) < 4.78 is 12.4. The highest BCUT2D eigenvalue weighted by molar-refractivity contribution is 5.66. The Morgan fingerprint density at radius 3 is 2.28 bits per heavy atom. The van der Waals surface area contributed by atoms with Gasteiger partial charge in [-0.25, -0.2) is 0 Å². The highest BCUT2D eigenvalue weighted by Crippen LogP contribution is 2.65. The lowest BCUT2D eigenvalue weighted by molar-refractivity contribution is -0.263. The third-order valence-electron chi connectivity index (χ3n) is 8.07. The third-order valence-corrected chi connectivity index (χ3v) is 8.07. The van der Waals surface area contributed by atoms with Gasteiger partial charge < -0.3 is 9.47 Å². The fourth-order valence-electron chi connectivity index (χ4n) is 6.81. The fraction of sp³-hybridized carbons (Fsp3) is 0.864. The van der Waals surface area contributed by atoms with Crippen LogP contribution in [0.25, 0.3) is 0 Å². The maximum atomic E-state index is 11.6.